The fourth-order valence-corrected chi connectivity index (χ4v) is 3.89. The Bertz CT molecular complexity index is 644. The molecule has 0 bridgehead atoms. The molecule has 1 saturated heterocycles. The lowest BCUT2D eigenvalue weighted by Gasteiger charge is -2.24. The number of likely N-dealkylation sites (N-methyl/N-ethyl adjacent to an activating group) is 1. The van der Waals surface area contributed by atoms with Crippen molar-refractivity contribution in [2.75, 3.05) is 20.6 Å². The lowest BCUT2D eigenvalue weighted by Crippen LogP contribution is -2.45. The van der Waals surface area contributed by atoms with E-state index < -0.39 is 0 Å². The van der Waals surface area contributed by atoms with Crippen LogP contribution < -0.4 is 16.2 Å². The molecule has 1 aliphatic heterocycles. The summed E-state index contributed by atoms with van der Waals surface area (Å²) in [4.78, 5) is 15.9. The van der Waals surface area contributed by atoms with Gasteiger partial charge in [0.05, 0.1) is 6.04 Å². The van der Waals surface area contributed by atoms with E-state index in [1.807, 2.05) is 38.4 Å². The normalized spacial score (nSPS) is 21.8. The standard InChI is InChI=1S/C18H24N4OS/c1-22(2)16(17-9-6-10-24-17)12-19-18(23)15-11-14(20-21-15)13-7-4-3-5-8-13/h3-10,14-16,20-21H,11-12H2,1-2H3,(H,19,23). The molecule has 1 amide bonds. The Morgan fingerprint density at radius 2 is 2.04 bits per heavy atom. The number of hydrazine groups is 1. The summed E-state index contributed by atoms with van der Waals surface area (Å²) in [6.45, 7) is 0.612. The zero-order valence-corrected chi connectivity index (χ0v) is 14.8. The van der Waals surface area contributed by atoms with E-state index in [1.165, 1.54) is 10.4 Å². The average Bonchev–Trinajstić information content (AvgIpc) is 3.27. The highest BCUT2D eigenvalue weighted by Crippen LogP contribution is 2.24. The predicted octanol–water partition coefficient (Wildman–Crippen LogP) is 2.07. The van der Waals surface area contributed by atoms with Crippen LogP contribution in [0.5, 0.6) is 0 Å². The lowest BCUT2D eigenvalue weighted by molar-refractivity contribution is -0.123. The third-order valence-electron chi connectivity index (χ3n) is 4.39. The van der Waals surface area contributed by atoms with Gasteiger partial charge in [-0.05, 0) is 37.5 Å². The molecule has 24 heavy (non-hydrogen) atoms. The molecule has 1 aliphatic rings. The van der Waals surface area contributed by atoms with Crippen molar-refractivity contribution in [3.63, 3.8) is 0 Å². The number of amides is 1. The van der Waals surface area contributed by atoms with E-state index in [-0.39, 0.29) is 24.0 Å². The first kappa shape index (κ1) is 17.1. The van der Waals surface area contributed by atoms with E-state index in [0.29, 0.717) is 6.54 Å². The molecule has 1 aromatic carbocycles. The van der Waals surface area contributed by atoms with Gasteiger partial charge >= 0.3 is 0 Å². The Balaban J connectivity index is 1.54. The Kier molecular flexibility index (Phi) is 5.63. The van der Waals surface area contributed by atoms with Crippen LogP contribution in [0.3, 0.4) is 0 Å². The smallest absolute Gasteiger partial charge is 0.238 e. The second-order valence-corrected chi connectivity index (χ2v) is 7.26. The van der Waals surface area contributed by atoms with Gasteiger partial charge in [0.25, 0.3) is 0 Å². The summed E-state index contributed by atoms with van der Waals surface area (Å²) in [5, 5.41) is 5.16. The summed E-state index contributed by atoms with van der Waals surface area (Å²) < 4.78 is 0. The van der Waals surface area contributed by atoms with E-state index in [4.69, 9.17) is 0 Å². The van der Waals surface area contributed by atoms with Crippen LogP contribution in [0.2, 0.25) is 0 Å². The molecule has 5 nitrogen and oxygen atoms in total. The van der Waals surface area contributed by atoms with Crippen molar-refractivity contribution in [2.45, 2.75) is 24.5 Å². The van der Waals surface area contributed by atoms with Gasteiger partial charge in [-0.2, -0.15) is 0 Å². The number of hydrogen-bond acceptors (Lipinski definition) is 5. The first-order chi connectivity index (χ1) is 11.6. The second-order valence-electron chi connectivity index (χ2n) is 6.28. The maximum atomic E-state index is 12.5. The van der Waals surface area contributed by atoms with Crippen molar-refractivity contribution >= 4 is 17.2 Å². The van der Waals surface area contributed by atoms with Crippen molar-refractivity contribution in [1.82, 2.24) is 21.1 Å². The molecular weight excluding hydrogens is 320 g/mol. The molecule has 2 aromatic rings. The molecule has 0 saturated carbocycles. The molecule has 0 radical (unpaired) electrons. The number of thiophene rings is 1. The number of nitrogens with one attached hydrogen (secondary N) is 3. The highest BCUT2D eigenvalue weighted by molar-refractivity contribution is 7.10. The van der Waals surface area contributed by atoms with Gasteiger partial charge in [-0.3, -0.25) is 4.79 Å². The summed E-state index contributed by atoms with van der Waals surface area (Å²) in [5.41, 5.74) is 7.54. The molecule has 2 heterocycles. The molecule has 0 spiro atoms. The zero-order chi connectivity index (χ0) is 16.9. The fourth-order valence-electron chi connectivity index (χ4n) is 2.97. The summed E-state index contributed by atoms with van der Waals surface area (Å²) >= 11 is 1.72. The fraction of sp³-hybridized carbons (Fsp3) is 0.389. The van der Waals surface area contributed by atoms with Gasteiger partial charge in [-0.15, -0.1) is 11.3 Å². The van der Waals surface area contributed by atoms with Gasteiger partial charge in [0.15, 0.2) is 0 Å². The number of rotatable bonds is 6. The third-order valence-corrected chi connectivity index (χ3v) is 5.36. The summed E-state index contributed by atoms with van der Waals surface area (Å²) in [6, 6.07) is 14.5. The molecule has 0 aliphatic carbocycles. The van der Waals surface area contributed by atoms with Crippen molar-refractivity contribution in [1.29, 1.82) is 0 Å². The highest BCUT2D eigenvalue weighted by Gasteiger charge is 2.30. The largest absolute Gasteiger partial charge is 0.353 e. The number of carbonyl (C=O) groups is 1. The summed E-state index contributed by atoms with van der Waals surface area (Å²) in [7, 11) is 4.08. The maximum absolute atomic E-state index is 12.5. The van der Waals surface area contributed by atoms with E-state index in [2.05, 4.69) is 44.6 Å². The SMILES string of the molecule is CN(C)C(CNC(=O)C1CC(c2ccccc2)NN1)c1cccs1. The van der Waals surface area contributed by atoms with Gasteiger partial charge in [0.2, 0.25) is 5.91 Å². The van der Waals surface area contributed by atoms with E-state index >= 15 is 0 Å². The minimum Gasteiger partial charge on any atom is -0.353 e. The number of benzene rings is 1. The van der Waals surface area contributed by atoms with Crippen molar-refractivity contribution in [2.24, 2.45) is 0 Å². The van der Waals surface area contributed by atoms with Gasteiger partial charge in [0.1, 0.15) is 6.04 Å². The van der Waals surface area contributed by atoms with Gasteiger partial charge in [-0.1, -0.05) is 36.4 Å². The van der Waals surface area contributed by atoms with Crippen LogP contribution in [0.4, 0.5) is 0 Å². The topological polar surface area (TPSA) is 56.4 Å². The molecule has 128 valence electrons. The number of carbonyl (C=O) groups excluding carboxylic acids is 1. The molecule has 1 fully saturated rings. The van der Waals surface area contributed by atoms with E-state index in [1.54, 1.807) is 11.3 Å². The second kappa shape index (κ2) is 7.90. The third kappa shape index (κ3) is 4.02. The van der Waals surface area contributed by atoms with Crippen molar-refractivity contribution < 1.29 is 4.79 Å². The Labute approximate surface area is 147 Å². The van der Waals surface area contributed by atoms with Gasteiger partial charge < -0.3 is 10.2 Å². The molecule has 3 atom stereocenters. The quantitative estimate of drug-likeness (QED) is 0.751. The maximum Gasteiger partial charge on any atom is 0.238 e. The predicted molar refractivity (Wildman–Crippen MR) is 97.6 cm³/mol. The minimum absolute atomic E-state index is 0.0457. The lowest BCUT2D eigenvalue weighted by atomic mass is 10.0. The van der Waals surface area contributed by atoms with Crippen LogP contribution in [0.15, 0.2) is 47.8 Å². The van der Waals surface area contributed by atoms with Crippen molar-refractivity contribution in [3.8, 4) is 0 Å². The van der Waals surface area contributed by atoms with Crippen LogP contribution in [-0.2, 0) is 4.79 Å². The van der Waals surface area contributed by atoms with Gasteiger partial charge in [0, 0.05) is 17.5 Å². The Morgan fingerprint density at radius 1 is 1.25 bits per heavy atom. The van der Waals surface area contributed by atoms with Crippen molar-refractivity contribution in [3.05, 3.63) is 58.3 Å². The van der Waals surface area contributed by atoms with E-state index in [0.717, 1.165) is 6.42 Å². The molecule has 3 N–H and O–H groups in total. The summed E-state index contributed by atoms with van der Waals surface area (Å²) in [6.07, 6.45) is 0.751. The van der Waals surface area contributed by atoms with Crippen LogP contribution in [0.25, 0.3) is 0 Å². The monoisotopic (exact) mass is 344 g/mol. The molecule has 3 rings (SSSR count). The number of hydrogen-bond donors (Lipinski definition) is 3. The first-order valence-electron chi connectivity index (χ1n) is 8.18. The minimum atomic E-state index is -0.207. The molecule has 1 aromatic heterocycles. The summed E-state index contributed by atoms with van der Waals surface area (Å²) in [5.74, 6) is 0.0457. The molecule has 3 unspecified atom stereocenters. The Hall–Kier alpha value is -1.73. The molecule has 6 heteroatoms. The zero-order valence-electron chi connectivity index (χ0n) is 14.0. The van der Waals surface area contributed by atoms with Crippen LogP contribution in [0, 0.1) is 0 Å². The van der Waals surface area contributed by atoms with Crippen LogP contribution in [-0.4, -0.2) is 37.5 Å². The van der Waals surface area contributed by atoms with E-state index in [9.17, 15) is 4.79 Å². The molecular formula is C18H24N4OS. The van der Waals surface area contributed by atoms with Gasteiger partial charge in [-0.25, -0.2) is 10.9 Å². The van der Waals surface area contributed by atoms with Crippen LogP contribution >= 0.6 is 11.3 Å². The number of nitrogens with zero attached hydrogens (tertiary/aromatic N) is 1. The first-order valence-corrected chi connectivity index (χ1v) is 9.06. The average molecular weight is 344 g/mol. The Morgan fingerprint density at radius 3 is 2.71 bits per heavy atom. The highest BCUT2D eigenvalue weighted by atomic mass is 32.1. The van der Waals surface area contributed by atoms with Crippen LogP contribution in [0.1, 0.15) is 28.9 Å².